The molecule has 0 bridgehead atoms. The molecule has 0 radical (unpaired) electrons. The first-order valence-electron chi connectivity index (χ1n) is 19.9. The topological polar surface area (TPSA) is 359 Å². The molecule has 2 aromatic heterocycles. The van der Waals surface area contributed by atoms with Gasteiger partial charge in [-0.3, -0.25) is 9.11 Å². The second-order valence-corrected chi connectivity index (χ2v) is 16.2. The van der Waals surface area contributed by atoms with Crippen LogP contribution in [0.15, 0.2) is 107 Å². The Kier molecular flexibility index (Phi) is 17.9. The van der Waals surface area contributed by atoms with Crippen molar-refractivity contribution in [1.29, 1.82) is 0 Å². The number of nitrogens with one attached hydrogen (secondary N) is 4. The molecule has 6 rings (SSSR count). The normalized spacial score (nSPS) is 11.7. The molecule has 0 aliphatic rings. The Balaban J connectivity index is 1.16. The molecule has 0 aliphatic heterocycles. The number of aliphatic hydroxyl groups is 4. The van der Waals surface area contributed by atoms with Crippen molar-refractivity contribution in [3.05, 3.63) is 108 Å². The molecular weight excluding hydrogens is 937 g/mol. The van der Waals surface area contributed by atoms with Crippen LogP contribution in [-0.4, -0.2) is 129 Å². The van der Waals surface area contributed by atoms with Gasteiger partial charge in [-0.25, -0.2) is 19.4 Å². The first kappa shape index (κ1) is 50.4. The maximum atomic E-state index is 11.5. The van der Waals surface area contributed by atoms with Crippen LogP contribution in [0.25, 0.3) is 12.2 Å². The van der Waals surface area contributed by atoms with E-state index in [1.807, 2.05) is 36.4 Å². The highest BCUT2D eigenvalue weighted by atomic mass is 32.2. The average molecular weight is 981 g/mol. The summed E-state index contributed by atoms with van der Waals surface area (Å²) in [5.41, 5.74) is 3.49. The fraction of sp³-hybridized carbons (Fsp3) is 0.200. The zero-order chi connectivity index (χ0) is 48.5. The van der Waals surface area contributed by atoms with Crippen molar-refractivity contribution in [2.75, 3.05) is 84.6 Å². The summed E-state index contributed by atoms with van der Waals surface area (Å²) in [5, 5.41) is 50.9. The third-order valence-electron chi connectivity index (χ3n) is 8.39. The van der Waals surface area contributed by atoms with Gasteiger partial charge in [-0.05, 0) is 83.9 Å². The third kappa shape index (κ3) is 15.2. The van der Waals surface area contributed by atoms with Crippen LogP contribution in [0.1, 0.15) is 11.1 Å². The van der Waals surface area contributed by atoms with Gasteiger partial charge in [-0.15, -0.1) is 0 Å². The lowest BCUT2D eigenvalue weighted by Crippen LogP contribution is -2.29. The van der Waals surface area contributed by atoms with Crippen LogP contribution < -0.4 is 31.7 Å². The van der Waals surface area contributed by atoms with Crippen molar-refractivity contribution in [1.82, 2.24) is 29.9 Å². The van der Waals surface area contributed by atoms with E-state index in [1.165, 1.54) is 48.5 Å². The van der Waals surface area contributed by atoms with Gasteiger partial charge >= 0.3 is 0 Å². The van der Waals surface area contributed by atoms with Crippen molar-refractivity contribution in [2.45, 2.75) is 9.79 Å². The van der Waals surface area contributed by atoms with Gasteiger partial charge in [0.2, 0.25) is 23.8 Å². The molecule has 360 valence electrons. The Hall–Kier alpha value is -7.06. The molecule has 28 heteroatoms. The number of hydrogen-bond acceptors (Lipinski definition) is 24. The van der Waals surface area contributed by atoms with Gasteiger partial charge in [0.05, 0.1) is 36.2 Å². The minimum atomic E-state index is -4.43. The van der Waals surface area contributed by atoms with Gasteiger partial charge in [0.1, 0.15) is 26.4 Å². The Labute approximate surface area is 387 Å². The molecule has 0 aliphatic carbocycles. The summed E-state index contributed by atoms with van der Waals surface area (Å²) < 4.78 is 64.7. The molecule has 0 amide bonds. The molecule has 0 saturated heterocycles. The smallest absolute Gasteiger partial charge is 0.294 e. The van der Waals surface area contributed by atoms with Crippen molar-refractivity contribution in [3.8, 4) is 0 Å². The SMILES string of the molecule is O=S(=O)(O)c1ccc(Nc2nc(Nc3ccc(C=Cc4ccc(Nc5nc(Nc6ccc(S(=O)(=O)O)cc6)nc(N(OCCO)OCCO)n5)cc4)cc3)nc(N(OCCO)OCCO)n2)cc1. The lowest BCUT2D eigenvalue weighted by molar-refractivity contribution is -0.106. The van der Waals surface area contributed by atoms with Crippen molar-refractivity contribution in [2.24, 2.45) is 0 Å². The number of anilines is 10. The highest BCUT2D eigenvalue weighted by Gasteiger charge is 2.19. The average Bonchev–Trinajstić information content (AvgIpc) is 3.31. The van der Waals surface area contributed by atoms with E-state index in [-0.39, 0.29) is 98.3 Å². The maximum Gasteiger partial charge on any atom is 0.294 e. The van der Waals surface area contributed by atoms with Crippen molar-refractivity contribution in [3.63, 3.8) is 0 Å². The van der Waals surface area contributed by atoms with Gasteiger partial charge in [0.15, 0.2) is 0 Å². The van der Waals surface area contributed by atoms with Crippen LogP contribution in [0.2, 0.25) is 0 Å². The van der Waals surface area contributed by atoms with E-state index in [0.29, 0.717) is 22.7 Å². The van der Waals surface area contributed by atoms with E-state index in [0.717, 1.165) is 21.6 Å². The number of rotatable bonds is 26. The minimum Gasteiger partial charge on any atom is -0.394 e. The second kappa shape index (κ2) is 24.1. The summed E-state index contributed by atoms with van der Waals surface area (Å²) in [4.78, 5) is 47.1. The van der Waals surface area contributed by atoms with Gasteiger partial charge in [-0.1, -0.05) is 46.9 Å². The third-order valence-corrected chi connectivity index (χ3v) is 10.1. The van der Waals surface area contributed by atoms with Gasteiger partial charge in [0, 0.05) is 22.7 Å². The fourth-order valence-corrected chi connectivity index (χ4v) is 6.36. The first-order chi connectivity index (χ1) is 32.7. The van der Waals surface area contributed by atoms with Gasteiger partial charge in [0.25, 0.3) is 32.1 Å². The number of nitrogens with zero attached hydrogens (tertiary/aromatic N) is 8. The molecule has 0 saturated carbocycles. The van der Waals surface area contributed by atoms with E-state index < -0.39 is 20.2 Å². The van der Waals surface area contributed by atoms with Crippen molar-refractivity contribution < 1.29 is 65.7 Å². The van der Waals surface area contributed by atoms with E-state index in [2.05, 4.69) is 51.2 Å². The summed E-state index contributed by atoms with van der Waals surface area (Å²) >= 11 is 0. The molecule has 0 atom stereocenters. The lowest BCUT2D eigenvalue weighted by Gasteiger charge is -2.20. The van der Waals surface area contributed by atoms with E-state index >= 15 is 0 Å². The van der Waals surface area contributed by atoms with Crippen LogP contribution >= 0.6 is 0 Å². The molecule has 0 unspecified atom stereocenters. The summed E-state index contributed by atoms with van der Waals surface area (Å²) in [5.74, 6) is -0.384. The highest BCUT2D eigenvalue weighted by Crippen LogP contribution is 2.25. The number of hydrogen-bond donors (Lipinski definition) is 10. The predicted molar refractivity (Wildman–Crippen MR) is 244 cm³/mol. The van der Waals surface area contributed by atoms with Crippen LogP contribution in [0, 0.1) is 0 Å². The van der Waals surface area contributed by atoms with Crippen LogP contribution in [-0.2, 0) is 39.6 Å². The summed E-state index contributed by atoms with van der Waals surface area (Å²) in [7, 11) is -8.85. The molecule has 68 heavy (non-hydrogen) atoms. The monoisotopic (exact) mass is 980 g/mol. The summed E-state index contributed by atoms with van der Waals surface area (Å²) in [6.07, 6.45) is 3.76. The first-order valence-corrected chi connectivity index (χ1v) is 22.8. The quantitative estimate of drug-likeness (QED) is 0.0212. The summed E-state index contributed by atoms with van der Waals surface area (Å²) in [6, 6.07) is 24.7. The molecule has 2 heterocycles. The molecule has 26 nitrogen and oxygen atoms in total. The van der Waals surface area contributed by atoms with Crippen LogP contribution in [0.3, 0.4) is 0 Å². The molecule has 10 N–H and O–H groups in total. The van der Waals surface area contributed by atoms with Crippen LogP contribution in [0.4, 0.5) is 58.4 Å². The van der Waals surface area contributed by atoms with E-state index in [9.17, 15) is 46.4 Å². The second-order valence-electron chi connectivity index (χ2n) is 13.4. The molecule has 0 fully saturated rings. The fourth-order valence-electron chi connectivity index (χ4n) is 5.40. The number of benzene rings is 4. The molecule has 4 aromatic carbocycles. The van der Waals surface area contributed by atoms with Crippen molar-refractivity contribution >= 4 is 90.8 Å². The van der Waals surface area contributed by atoms with E-state index in [4.69, 9.17) is 19.4 Å². The molecule has 6 aromatic rings. The molecule has 0 spiro atoms. The van der Waals surface area contributed by atoms with E-state index in [1.54, 1.807) is 24.3 Å². The summed E-state index contributed by atoms with van der Waals surface area (Å²) in [6.45, 7) is -2.29. The number of aromatic nitrogens is 6. The molecular formula is C40H44N12O14S2. The predicted octanol–water partition coefficient (Wildman–Crippen LogP) is 3.00. The Morgan fingerprint density at radius 3 is 0.897 bits per heavy atom. The lowest BCUT2D eigenvalue weighted by atomic mass is 10.1. The standard InChI is InChI=1S/C40H44N12O14S2/c53-19-23-63-51(64-24-20-54)39-47-35(45-37(49-39)43-31-11-15-33(16-12-31)67(57,58)59)41-29-7-3-27(4-8-29)1-2-28-5-9-30(10-6-28)42-36-46-38(44-32-13-17-34(18-14-32)68(60,61)62)50-40(48-36)52(65-25-21-55)66-26-22-56/h1-18,53-56H,19-26H2,(H,57,58,59)(H,60,61,62)(H2,41,43,45,47,49)(H2,42,44,46,48,50). The number of aliphatic hydroxyl groups excluding tert-OH is 4. The Morgan fingerprint density at radius 2 is 0.662 bits per heavy atom. The van der Waals surface area contributed by atoms with Gasteiger partial charge in [-0.2, -0.15) is 46.7 Å². The Morgan fingerprint density at radius 1 is 0.412 bits per heavy atom. The zero-order valence-electron chi connectivity index (χ0n) is 35.4. The zero-order valence-corrected chi connectivity index (χ0v) is 37.0. The maximum absolute atomic E-state index is 11.5. The largest absolute Gasteiger partial charge is 0.394 e. The highest BCUT2D eigenvalue weighted by molar-refractivity contribution is 7.86. The van der Waals surface area contributed by atoms with Crippen LogP contribution in [0.5, 0.6) is 0 Å². The Bertz CT molecular complexity index is 2610. The minimum absolute atomic E-state index is 0.0190. The van der Waals surface area contributed by atoms with Gasteiger partial charge < -0.3 is 41.7 Å².